The molecule has 1 N–H and O–H groups in total. The smallest absolute Gasteiger partial charge is 0.251 e. The zero-order valence-electron chi connectivity index (χ0n) is 15.4. The van der Waals surface area contributed by atoms with E-state index >= 15 is 0 Å². The van der Waals surface area contributed by atoms with Gasteiger partial charge in [0.2, 0.25) is 0 Å². The summed E-state index contributed by atoms with van der Waals surface area (Å²) in [6, 6.07) is 11.5. The van der Waals surface area contributed by atoms with E-state index in [0.29, 0.717) is 11.5 Å². The molecule has 5 nitrogen and oxygen atoms in total. The molecule has 0 bridgehead atoms. The average molecular weight is 361 g/mol. The van der Waals surface area contributed by atoms with Crippen molar-refractivity contribution in [3.8, 4) is 0 Å². The molecule has 2 aromatic heterocycles. The van der Waals surface area contributed by atoms with Gasteiger partial charge in [0.15, 0.2) is 0 Å². The highest BCUT2D eigenvalue weighted by Gasteiger charge is 2.27. The predicted octanol–water partition coefficient (Wildman–Crippen LogP) is 3.84. The number of benzene rings is 1. The Labute approximate surface area is 158 Å². The minimum Gasteiger partial charge on any atom is -0.381 e. The fraction of sp³-hybridized carbons (Fsp3) is 0.318. The van der Waals surface area contributed by atoms with Gasteiger partial charge in [-0.15, -0.1) is 0 Å². The number of rotatable bonds is 4. The number of nitrogens with one attached hydrogen (secondary N) is 1. The Morgan fingerprint density at radius 3 is 2.81 bits per heavy atom. The van der Waals surface area contributed by atoms with E-state index in [-0.39, 0.29) is 11.9 Å². The van der Waals surface area contributed by atoms with Crippen LogP contribution in [0.1, 0.15) is 40.4 Å². The first-order chi connectivity index (χ1) is 13.2. The van der Waals surface area contributed by atoms with Crippen molar-refractivity contribution >= 4 is 16.8 Å². The molecule has 3 aromatic rings. The van der Waals surface area contributed by atoms with E-state index in [9.17, 15) is 4.79 Å². The number of aromatic nitrogens is 2. The Kier molecular flexibility index (Phi) is 5.12. The topological polar surface area (TPSA) is 64.1 Å². The summed E-state index contributed by atoms with van der Waals surface area (Å²) in [4.78, 5) is 21.7. The van der Waals surface area contributed by atoms with Crippen LogP contribution in [-0.4, -0.2) is 29.1 Å². The molecule has 4 rings (SSSR count). The van der Waals surface area contributed by atoms with Crippen molar-refractivity contribution in [1.29, 1.82) is 0 Å². The molecule has 1 aromatic carbocycles. The second-order valence-corrected chi connectivity index (χ2v) is 7.05. The second-order valence-electron chi connectivity index (χ2n) is 7.05. The van der Waals surface area contributed by atoms with E-state index in [1.54, 1.807) is 12.4 Å². The summed E-state index contributed by atoms with van der Waals surface area (Å²) in [6.07, 6.45) is 7.25. The maximum atomic E-state index is 13.0. The Hall–Kier alpha value is -2.79. The van der Waals surface area contributed by atoms with Crippen LogP contribution in [0, 0.1) is 12.8 Å². The molecule has 1 fully saturated rings. The highest BCUT2D eigenvalue weighted by atomic mass is 16.5. The largest absolute Gasteiger partial charge is 0.381 e. The van der Waals surface area contributed by atoms with Crippen LogP contribution in [0.4, 0.5) is 0 Å². The van der Waals surface area contributed by atoms with Crippen LogP contribution >= 0.6 is 0 Å². The Morgan fingerprint density at radius 2 is 2.04 bits per heavy atom. The number of ether oxygens (including phenoxy) is 1. The number of carbonyl (C=O) groups is 1. The van der Waals surface area contributed by atoms with Gasteiger partial charge >= 0.3 is 0 Å². The van der Waals surface area contributed by atoms with Crippen molar-refractivity contribution in [1.82, 2.24) is 15.3 Å². The van der Waals surface area contributed by atoms with Crippen LogP contribution in [0.25, 0.3) is 10.9 Å². The molecule has 0 saturated carbocycles. The van der Waals surface area contributed by atoms with Crippen molar-refractivity contribution in [2.75, 3.05) is 13.2 Å². The van der Waals surface area contributed by atoms with Gasteiger partial charge in [0.05, 0.1) is 11.6 Å². The highest BCUT2D eigenvalue weighted by molar-refractivity contribution is 5.98. The molecule has 3 heterocycles. The number of amides is 1. The number of fused-ring (bicyclic) bond motifs is 1. The lowest BCUT2D eigenvalue weighted by molar-refractivity contribution is 0.0513. The zero-order chi connectivity index (χ0) is 18.6. The van der Waals surface area contributed by atoms with Gasteiger partial charge in [-0.05, 0) is 67.1 Å². The number of nitrogens with zero attached hydrogens (tertiary/aromatic N) is 2. The minimum absolute atomic E-state index is 0.0687. The highest BCUT2D eigenvalue weighted by Crippen LogP contribution is 2.30. The summed E-state index contributed by atoms with van der Waals surface area (Å²) in [6.45, 7) is 3.50. The first-order valence-corrected chi connectivity index (χ1v) is 9.36. The van der Waals surface area contributed by atoms with Gasteiger partial charge in [-0.2, -0.15) is 0 Å². The molecule has 1 amide bonds. The third kappa shape index (κ3) is 3.83. The molecule has 1 aliphatic heterocycles. The van der Waals surface area contributed by atoms with Gasteiger partial charge in [-0.25, -0.2) is 0 Å². The van der Waals surface area contributed by atoms with Gasteiger partial charge in [0, 0.05) is 42.8 Å². The minimum atomic E-state index is -0.0690. The number of hydrogen-bond acceptors (Lipinski definition) is 4. The van der Waals surface area contributed by atoms with Crippen LogP contribution in [0.5, 0.6) is 0 Å². The van der Waals surface area contributed by atoms with Crippen LogP contribution < -0.4 is 5.32 Å². The summed E-state index contributed by atoms with van der Waals surface area (Å²) < 4.78 is 5.50. The number of carbonyl (C=O) groups excluding carboxylic acids is 1. The van der Waals surface area contributed by atoms with Gasteiger partial charge in [0.25, 0.3) is 5.91 Å². The van der Waals surface area contributed by atoms with Crippen LogP contribution in [0.2, 0.25) is 0 Å². The van der Waals surface area contributed by atoms with Crippen molar-refractivity contribution in [3.05, 3.63) is 71.7 Å². The number of pyridine rings is 2. The molecule has 5 heteroatoms. The quantitative estimate of drug-likeness (QED) is 0.767. The van der Waals surface area contributed by atoms with Crippen molar-refractivity contribution in [2.24, 2.45) is 5.92 Å². The Bertz CT molecular complexity index is 937. The van der Waals surface area contributed by atoms with Crippen LogP contribution in [0.3, 0.4) is 0 Å². The maximum absolute atomic E-state index is 13.0. The Morgan fingerprint density at radius 1 is 1.19 bits per heavy atom. The lowest BCUT2D eigenvalue weighted by Crippen LogP contribution is -2.36. The molecule has 1 unspecified atom stereocenters. The Balaban J connectivity index is 1.62. The molecule has 0 spiro atoms. The normalized spacial score (nSPS) is 16.2. The van der Waals surface area contributed by atoms with Crippen molar-refractivity contribution in [3.63, 3.8) is 0 Å². The van der Waals surface area contributed by atoms with E-state index in [4.69, 9.17) is 4.74 Å². The zero-order valence-corrected chi connectivity index (χ0v) is 15.4. The fourth-order valence-electron chi connectivity index (χ4n) is 3.73. The molecular weight excluding hydrogens is 338 g/mol. The molecule has 1 saturated heterocycles. The third-order valence-corrected chi connectivity index (χ3v) is 5.29. The van der Waals surface area contributed by atoms with E-state index in [1.165, 1.54) is 0 Å². The predicted molar refractivity (Wildman–Crippen MR) is 104 cm³/mol. The third-order valence-electron chi connectivity index (χ3n) is 5.29. The molecular formula is C22H23N3O2. The van der Waals surface area contributed by atoms with Crippen molar-refractivity contribution < 1.29 is 9.53 Å². The van der Waals surface area contributed by atoms with Crippen LogP contribution in [-0.2, 0) is 4.74 Å². The monoisotopic (exact) mass is 361 g/mol. The molecule has 0 radical (unpaired) electrons. The summed E-state index contributed by atoms with van der Waals surface area (Å²) in [5.41, 5.74) is 3.71. The maximum Gasteiger partial charge on any atom is 0.251 e. The SMILES string of the molecule is Cc1ccnc2ccc(C(=O)NC(c3cccnc3)C3CCOCC3)cc12. The molecule has 0 aliphatic carbocycles. The summed E-state index contributed by atoms with van der Waals surface area (Å²) in [5.74, 6) is 0.274. The second kappa shape index (κ2) is 7.84. The fourth-order valence-corrected chi connectivity index (χ4v) is 3.73. The van der Waals surface area contributed by atoms with E-state index < -0.39 is 0 Å². The van der Waals surface area contributed by atoms with E-state index in [2.05, 4.69) is 15.3 Å². The number of hydrogen-bond donors (Lipinski definition) is 1. The van der Waals surface area contributed by atoms with Crippen molar-refractivity contribution in [2.45, 2.75) is 25.8 Å². The standard InChI is InChI=1S/C22H23N3O2/c1-15-6-10-24-20-5-4-17(13-19(15)20)22(26)25-21(16-7-11-27-12-8-16)18-3-2-9-23-14-18/h2-6,9-10,13-14,16,21H,7-8,11-12H2,1H3,(H,25,26). The summed E-state index contributed by atoms with van der Waals surface area (Å²) in [7, 11) is 0. The van der Waals surface area contributed by atoms with E-state index in [1.807, 2.05) is 49.5 Å². The van der Waals surface area contributed by atoms with E-state index in [0.717, 1.165) is 48.1 Å². The first-order valence-electron chi connectivity index (χ1n) is 9.36. The van der Waals surface area contributed by atoms with Gasteiger partial charge in [0.1, 0.15) is 0 Å². The molecule has 27 heavy (non-hydrogen) atoms. The van der Waals surface area contributed by atoms with Gasteiger partial charge < -0.3 is 10.1 Å². The lowest BCUT2D eigenvalue weighted by atomic mass is 9.87. The number of aryl methyl sites for hydroxylation is 1. The summed E-state index contributed by atoms with van der Waals surface area (Å²) >= 11 is 0. The van der Waals surface area contributed by atoms with Gasteiger partial charge in [-0.1, -0.05) is 6.07 Å². The van der Waals surface area contributed by atoms with Gasteiger partial charge in [-0.3, -0.25) is 14.8 Å². The summed E-state index contributed by atoms with van der Waals surface area (Å²) in [5, 5.41) is 4.26. The molecule has 1 aliphatic rings. The average Bonchev–Trinajstić information content (AvgIpc) is 2.73. The first kappa shape index (κ1) is 17.6. The van der Waals surface area contributed by atoms with Crippen LogP contribution in [0.15, 0.2) is 55.0 Å². The molecule has 138 valence electrons. The molecule has 1 atom stereocenters. The lowest BCUT2D eigenvalue weighted by Gasteiger charge is -2.31.